The largest absolute Gasteiger partial charge is 0.490 e. The molecule has 1 aliphatic rings. The van der Waals surface area contributed by atoms with Crippen molar-refractivity contribution in [1.29, 1.82) is 5.26 Å². The molecule has 1 aliphatic heterocycles. The molecule has 0 saturated carbocycles. The number of esters is 2. The summed E-state index contributed by atoms with van der Waals surface area (Å²) in [6.07, 6.45) is 1.71. The van der Waals surface area contributed by atoms with Crippen LogP contribution in [0.2, 0.25) is 0 Å². The highest BCUT2D eigenvalue weighted by Gasteiger charge is 2.34. The number of ether oxygens (including phenoxy) is 5. The molecule has 5 rings (SSSR count). The average Bonchev–Trinajstić information content (AvgIpc) is 3.40. The van der Waals surface area contributed by atoms with E-state index in [9.17, 15) is 19.6 Å². The van der Waals surface area contributed by atoms with Crippen molar-refractivity contribution in [2.45, 2.75) is 33.4 Å². The van der Waals surface area contributed by atoms with Crippen LogP contribution < -0.4 is 29.1 Å². The van der Waals surface area contributed by atoms with E-state index in [1.807, 2.05) is 24.3 Å². The van der Waals surface area contributed by atoms with E-state index < -0.39 is 23.5 Å². The van der Waals surface area contributed by atoms with E-state index in [2.05, 4.69) is 47.7 Å². The van der Waals surface area contributed by atoms with E-state index in [0.717, 1.165) is 15.8 Å². The van der Waals surface area contributed by atoms with Crippen LogP contribution in [0.25, 0.3) is 6.08 Å². The predicted octanol–water partition coefficient (Wildman–Crippen LogP) is 5.72. The number of carbonyl (C=O) groups excluding carboxylic acids is 2. The molecule has 0 fully saturated rings. The van der Waals surface area contributed by atoms with E-state index in [4.69, 9.17) is 18.9 Å². The Bertz CT molecular complexity index is 2220. The van der Waals surface area contributed by atoms with Gasteiger partial charge in [-0.2, -0.15) is 5.26 Å². The number of carbonyl (C=O) groups is 2. The highest BCUT2D eigenvalue weighted by atomic mass is 79.9. The van der Waals surface area contributed by atoms with Gasteiger partial charge in [-0.15, -0.1) is 0 Å². The fourth-order valence-electron chi connectivity index (χ4n) is 5.27. The normalized spacial score (nSPS) is 13.9. The first-order chi connectivity index (χ1) is 24.1. The first-order valence-corrected chi connectivity index (χ1v) is 17.8. The van der Waals surface area contributed by atoms with Gasteiger partial charge < -0.3 is 23.7 Å². The zero-order valence-corrected chi connectivity index (χ0v) is 31.4. The SMILES string of the molecule is CCOC(=O)C1=C(C)N=c2s/c(=C/c3cc(Br)cc(Br)c3OCc3ccccc3C#N)c(=O)n2[C@H]1c1ccc(OCC(=O)OC)c(OCC)c1. The Labute approximate surface area is 308 Å². The number of rotatable bonds is 12. The van der Waals surface area contributed by atoms with E-state index in [1.165, 1.54) is 11.7 Å². The maximum atomic E-state index is 14.4. The predicted molar refractivity (Wildman–Crippen MR) is 193 cm³/mol. The summed E-state index contributed by atoms with van der Waals surface area (Å²) in [5, 5.41) is 9.55. The van der Waals surface area contributed by atoms with Crippen molar-refractivity contribution >= 4 is 61.2 Å². The Hall–Kier alpha value is -4.71. The minimum atomic E-state index is -0.922. The first kappa shape index (κ1) is 36.6. The third kappa shape index (κ3) is 7.85. The van der Waals surface area contributed by atoms with Gasteiger partial charge in [-0.25, -0.2) is 14.6 Å². The quantitative estimate of drug-likeness (QED) is 0.164. The molecule has 1 atom stereocenters. The lowest BCUT2D eigenvalue weighted by Crippen LogP contribution is -2.40. The molecule has 0 saturated heterocycles. The molecule has 50 heavy (non-hydrogen) atoms. The van der Waals surface area contributed by atoms with Gasteiger partial charge in [-0.3, -0.25) is 9.36 Å². The lowest BCUT2D eigenvalue weighted by Gasteiger charge is -2.25. The minimum Gasteiger partial charge on any atom is -0.490 e. The number of methoxy groups -OCH3 is 1. The van der Waals surface area contributed by atoms with E-state index >= 15 is 0 Å². The highest BCUT2D eigenvalue weighted by molar-refractivity contribution is 9.11. The molecule has 1 aromatic heterocycles. The van der Waals surface area contributed by atoms with Crippen LogP contribution in [0.3, 0.4) is 0 Å². The van der Waals surface area contributed by atoms with Crippen LogP contribution in [0.5, 0.6) is 17.2 Å². The molecule has 0 spiro atoms. The Balaban J connectivity index is 1.65. The molecule has 258 valence electrons. The second kappa shape index (κ2) is 16.3. The molecule has 14 heteroatoms. The van der Waals surface area contributed by atoms with Gasteiger partial charge >= 0.3 is 11.9 Å². The fourth-order valence-corrected chi connectivity index (χ4v) is 7.68. The van der Waals surface area contributed by atoms with Crippen molar-refractivity contribution in [1.82, 2.24) is 4.57 Å². The molecule has 4 aromatic rings. The molecular weight excluding hydrogens is 794 g/mol. The lowest BCUT2D eigenvalue weighted by atomic mass is 9.95. The van der Waals surface area contributed by atoms with Gasteiger partial charge in [0.2, 0.25) is 0 Å². The highest BCUT2D eigenvalue weighted by Crippen LogP contribution is 2.37. The summed E-state index contributed by atoms with van der Waals surface area (Å²) in [6.45, 7) is 5.40. The monoisotopic (exact) mass is 823 g/mol. The molecule has 0 aliphatic carbocycles. The summed E-state index contributed by atoms with van der Waals surface area (Å²) in [5.41, 5.74) is 2.54. The molecule has 3 aromatic carbocycles. The number of fused-ring (bicyclic) bond motifs is 1. The van der Waals surface area contributed by atoms with Crippen molar-refractivity contribution in [2.24, 2.45) is 4.99 Å². The van der Waals surface area contributed by atoms with Crippen LogP contribution in [-0.2, 0) is 25.7 Å². The van der Waals surface area contributed by atoms with Crippen molar-refractivity contribution in [3.05, 3.63) is 117 Å². The Morgan fingerprint density at radius 3 is 2.54 bits per heavy atom. The Kier molecular flexibility index (Phi) is 11.9. The number of hydrogen-bond donors (Lipinski definition) is 0. The number of nitrogens with zero attached hydrogens (tertiary/aromatic N) is 3. The maximum absolute atomic E-state index is 14.4. The number of hydrogen-bond acceptors (Lipinski definition) is 11. The van der Waals surface area contributed by atoms with E-state index in [1.54, 1.807) is 57.2 Å². The summed E-state index contributed by atoms with van der Waals surface area (Å²) in [7, 11) is 1.26. The van der Waals surface area contributed by atoms with Crippen LogP contribution in [0.1, 0.15) is 49.1 Å². The van der Waals surface area contributed by atoms with Crippen LogP contribution in [0.15, 0.2) is 84.6 Å². The van der Waals surface area contributed by atoms with E-state index in [-0.39, 0.29) is 37.8 Å². The topological polar surface area (TPSA) is 138 Å². The van der Waals surface area contributed by atoms with Gasteiger partial charge in [0.05, 0.1) is 58.3 Å². The number of thiazole rings is 1. The van der Waals surface area contributed by atoms with Crippen LogP contribution >= 0.6 is 43.2 Å². The van der Waals surface area contributed by atoms with Gasteiger partial charge in [0.25, 0.3) is 5.56 Å². The number of nitriles is 1. The summed E-state index contributed by atoms with van der Waals surface area (Å²) in [5.74, 6) is -0.105. The number of aromatic nitrogens is 1. The summed E-state index contributed by atoms with van der Waals surface area (Å²) in [4.78, 5) is 44.6. The fraction of sp³-hybridized carbons (Fsp3) is 0.250. The van der Waals surface area contributed by atoms with Crippen LogP contribution in [0, 0.1) is 11.3 Å². The second-order valence-electron chi connectivity index (χ2n) is 10.7. The van der Waals surface area contributed by atoms with Crippen molar-refractivity contribution < 1.29 is 33.3 Å². The zero-order valence-electron chi connectivity index (χ0n) is 27.5. The molecular formula is C36H31Br2N3O8S. The third-order valence-electron chi connectivity index (χ3n) is 7.51. The number of halogens is 2. The molecule has 0 radical (unpaired) electrons. The summed E-state index contributed by atoms with van der Waals surface area (Å²) in [6, 6.07) is 17.1. The van der Waals surface area contributed by atoms with Gasteiger partial charge in [-0.05, 0) is 78.7 Å². The Morgan fingerprint density at radius 2 is 1.82 bits per heavy atom. The van der Waals surface area contributed by atoms with E-state index in [0.29, 0.717) is 53.3 Å². The molecule has 0 unspecified atom stereocenters. The number of allylic oxidation sites excluding steroid dienone is 1. The minimum absolute atomic E-state index is 0.121. The number of benzene rings is 3. The lowest BCUT2D eigenvalue weighted by molar-refractivity contribution is -0.143. The summed E-state index contributed by atoms with van der Waals surface area (Å²) < 4.78 is 31.0. The molecule has 0 N–H and O–H groups in total. The van der Waals surface area contributed by atoms with Gasteiger partial charge in [0.15, 0.2) is 22.9 Å². The second-order valence-corrected chi connectivity index (χ2v) is 13.4. The molecule has 0 bridgehead atoms. The molecule has 2 heterocycles. The smallest absolute Gasteiger partial charge is 0.343 e. The first-order valence-electron chi connectivity index (χ1n) is 15.4. The standard InChI is InChI=1S/C36H31Br2N3O8S/c1-5-46-28-14-21(11-12-27(28)48-19-30(42)45-4)32-31(35(44)47-6-2)20(3)40-36-41(32)34(43)29(50-36)15-24-13-25(37)16-26(38)33(24)49-18-23-10-8-7-9-22(23)17-39/h7-16,32H,5-6,18-19H2,1-4H3/b29-15+/t32-/m0/s1. The molecule has 0 amide bonds. The zero-order chi connectivity index (χ0) is 35.9. The van der Waals surface area contributed by atoms with Gasteiger partial charge in [0, 0.05) is 15.6 Å². The van der Waals surface area contributed by atoms with Gasteiger partial charge in [-0.1, -0.05) is 51.5 Å². The average molecular weight is 826 g/mol. The maximum Gasteiger partial charge on any atom is 0.343 e. The van der Waals surface area contributed by atoms with Crippen molar-refractivity contribution in [2.75, 3.05) is 26.9 Å². The summed E-state index contributed by atoms with van der Waals surface area (Å²) >= 11 is 8.29. The van der Waals surface area contributed by atoms with Crippen LogP contribution in [0.4, 0.5) is 0 Å². The van der Waals surface area contributed by atoms with Crippen molar-refractivity contribution in [3.8, 4) is 23.3 Å². The third-order valence-corrected chi connectivity index (χ3v) is 9.54. The van der Waals surface area contributed by atoms with Gasteiger partial charge in [0.1, 0.15) is 12.4 Å². The Morgan fingerprint density at radius 1 is 1.04 bits per heavy atom. The molecule has 11 nitrogen and oxygen atoms in total. The van der Waals surface area contributed by atoms with Crippen molar-refractivity contribution in [3.63, 3.8) is 0 Å². The van der Waals surface area contributed by atoms with Crippen LogP contribution in [-0.4, -0.2) is 43.4 Å².